The first-order valence-electron chi connectivity index (χ1n) is 14.3. The number of nitrogens with two attached hydrogens (primary N) is 2. The van der Waals surface area contributed by atoms with Crippen LogP contribution in [0.1, 0.15) is 59.3 Å². The van der Waals surface area contributed by atoms with Gasteiger partial charge in [0.15, 0.2) is 0 Å². The maximum Gasteiger partial charge on any atom is 0.305 e. The van der Waals surface area contributed by atoms with Gasteiger partial charge in [-0.05, 0) is 46.1 Å². The molecule has 0 aliphatic heterocycles. The Kier molecular flexibility index (Phi) is 18.8. The van der Waals surface area contributed by atoms with Gasteiger partial charge in [-0.3, -0.25) is 43.2 Å². The van der Waals surface area contributed by atoms with Crippen LogP contribution >= 0.6 is 0 Å². The van der Waals surface area contributed by atoms with Crippen LogP contribution in [-0.4, -0.2) is 118 Å². The smallest absolute Gasteiger partial charge is 0.305 e. The molecule has 6 atom stereocenters. The van der Waals surface area contributed by atoms with E-state index in [0.717, 1.165) is 13.8 Å². The van der Waals surface area contributed by atoms with E-state index in [1.807, 2.05) is 0 Å². The number of hydrogen-bond acceptors (Lipinski definition) is 11. The van der Waals surface area contributed by atoms with Crippen molar-refractivity contribution >= 4 is 53.3 Å². The third kappa shape index (κ3) is 16.3. The molecule has 0 saturated carbocycles. The summed E-state index contributed by atoms with van der Waals surface area (Å²) in [4.78, 5) is 109. The number of aliphatic carboxylic acids is 2. The molecule has 0 heterocycles. The first kappa shape index (κ1) is 41.1. The number of nitrogens with one attached hydrogen (secondary N) is 6. The number of hydrogen-bond donors (Lipinski definition) is 11. The molecule has 0 saturated heterocycles. The van der Waals surface area contributed by atoms with Crippen molar-refractivity contribution in [3.63, 3.8) is 0 Å². The number of primary amides is 1. The van der Waals surface area contributed by atoms with Crippen LogP contribution in [-0.2, 0) is 43.2 Å². The normalized spacial score (nSPS) is 14.5. The second kappa shape index (κ2) is 21.0. The van der Waals surface area contributed by atoms with Crippen molar-refractivity contribution in [3.8, 4) is 0 Å². The lowest BCUT2D eigenvalue weighted by Crippen LogP contribution is -2.59. The average molecular weight is 661 g/mol. The van der Waals surface area contributed by atoms with E-state index in [4.69, 9.17) is 16.6 Å². The quantitative estimate of drug-likeness (QED) is 0.0485. The van der Waals surface area contributed by atoms with Crippen LogP contribution in [0, 0.1) is 0 Å². The first-order chi connectivity index (χ1) is 21.4. The minimum absolute atomic E-state index is 0.0919. The number of carboxylic acids is 2. The Labute approximate surface area is 264 Å². The zero-order valence-corrected chi connectivity index (χ0v) is 25.8. The molecular weight excluding hydrogens is 616 g/mol. The van der Waals surface area contributed by atoms with E-state index in [0.29, 0.717) is 19.4 Å². The summed E-state index contributed by atoms with van der Waals surface area (Å²) in [5.74, 6) is -9.29. The third-order valence-corrected chi connectivity index (χ3v) is 6.29. The molecular formula is C26H44N8O12. The zero-order valence-electron chi connectivity index (χ0n) is 25.8. The summed E-state index contributed by atoms with van der Waals surface area (Å²) in [5, 5.41) is 41.3. The Morgan fingerprint density at radius 2 is 1.09 bits per heavy atom. The van der Waals surface area contributed by atoms with E-state index in [2.05, 4.69) is 31.9 Å². The van der Waals surface area contributed by atoms with Crippen molar-refractivity contribution in [3.05, 3.63) is 0 Å². The molecule has 0 rings (SSSR count). The molecule has 0 aliphatic rings. The van der Waals surface area contributed by atoms with Crippen LogP contribution < -0.4 is 43.4 Å². The van der Waals surface area contributed by atoms with Crippen molar-refractivity contribution in [2.24, 2.45) is 11.5 Å². The largest absolute Gasteiger partial charge is 0.481 e. The van der Waals surface area contributed by atoms with Crippen molar-refractivity contribution in [2.45, 2.75) is 95.5 Å². The standard InChI is InChI=1S/C26H44N8O12/c1-12(21(28)41)29-23(43)15(6-4-5-9-27)32-26(46)18(11-35)34-22(42)13(2)30-25(45)17(10-20(39)40)33-24(44)16(31-14(3)36)7-8-19(37)38/h12-13,15-18,35H,4-11,27H2,1-3H3,(H2,28,41)(H,29,43)(H,30,45)(H,31,36)(H,32,46)(H,33,44)(H,34,42)(H,37,38)(H,39,40)/t12-,13-,15-,16-,17-,18-/m0/s1. The predicted molar refractivity (Wildman–Crippen MR) is 157 cm³/mol. The number of rotatable bonds is 22. The number of amides is 7. The van der Waals surface area contributed by atoms with Gasteiger partial charge in [-0.25, -0.2) is 0 Å². The second-order valence-corrected chi connectivity index (χ2v) is 10.3. The Morgan fingerprint density at radius 3 is 1.59 bits per heavy atom. The van der Waals surface area contributed by atoms with Gasteiger partial charge in [0.2, 0.25) is 41.4 Å². The lowest BCUT2D eigenvalue weighted by molar-refractivity contribution is -0.141. The van der Waals surface area contributed by atoms with Gasteiger partial charge in [-0.1, -0.05) is 0 Å². The monoisotopic (exact) mass is 660 g/mol. The summed E-state index contributed by atoms with van der Waals surface area (Å²) in [6.45, 7) is 2.91. The minimum atomic E-state index is -1.77. The molecule has 0 bridgehead atoms. The second-order valence-electron chi connectivity index (χ2n) is 10.3. The van der Waals surface area contributed by atoms with Crippen molar-refractivity contribution < 1.29 is 58.5 Å². The van der Waals surface area contributed by atoms with E-state index in [1.54, 1.807) is 0 Å². The number of carbonyl (C=O) groups excluding carboxylic acids is 7. The average Bonchev–Trinajstić information content (AvgIpc) is 2.95. The summed E-state index contributed by atoms with van der Waals surface area (Å²) in [5.41, 5.74) is 10.6. The lowest BCUT2D eigenvalue weighted by atomic mass is 10.1. The number of unbranched alkanes of at least 4 members (excludes halogenated alkanes) is 1. The summed E-state index contributed by atoms with van der Waals surface area (Å²) in [6, 6.07) is -8.51. The highest BCUT2D eigenvalue weighted by Gasteiger charge is 2.32. The molecule has 0 aromatic carbocycles. The lowest BCUT2D eigenvalue weighted by Gasteiger charge is -2.25. The van der Waals surface area contributed by atoms with Crippen molar-refractivity contribution in [1.29, 1.82) is 0 Å². The molecule has 13 N–H and O–H groups in total. The van der Waals surface area contributed by atoms with E-state index >= 15 is 0 Å². The van der Waals surface area contributed by atoms with Crippen LogP contribution in [0.2, 0.25) is 0 Å². The molecule has 0 spiro atoms. The topological polar surface area (TPSA) is 339 Å². The number of carboxylic acid groups (broad SMARTS) is 2. The first-order valence-corrected chi connectivity index (χ1v) is 14.3. The van der Waals surface area contributed by atoms with Gasteiger partial charge < -0.3 is 58.7 Å². The van der Waals surface area contributed by atoms with Crippen molar-refractivity contribution in [1.82, 2.24) is 31.9 Å². The SMILES string of the molecule is CC(=O)N[C@@H](CCC(=O)O)C(=O)N[C@@H](CC(=O)O)C(=O)N[C@@H](C)C(=O)N[C@@H](CO)C(=O)N[C@@H](CCCCN)C(=O)N[C@@H](C)C(N)=O. The number of aliphatic hydroxyl groups excluding tert-OH is 1. The van der Waals surface area contributed by atoms with Gasteiger partial charge in [-0.15, -0.1) is 0 Å². The maximum atomic E-state index is 12.9. The van der Waals surface area contributed by atoms with E-state index in [9.17, 15) is 53.4 Å². The van der Waals surface area contributed by atoms with Crippen LogP contribution in [0.25, 0.3) is 0 Å². The molecule has 7 amide bonds. The van der Waals surface area contributed by atoms with Gasteiger partial charge in [0.1, 0.15) is 36.3 Å². The van der Waals surface area contributed by atoms with Crippen LogP contribution in [0.5, 0.6) is 0 Å². The van der Waals surface area contributed by atoms with Gasteiger partial charge in [-0.2, -0.15) is 0 Å². The molecule has 0 unspecified atom stereocenters. The minimum Gasteiger partial charge on any atom is -0.481 e. The van der Waals surface area contributed by atoms with E-state index in [-0.39, 0.29) is 12.8 Å². The highest BCUT2D eigenvalue weighted by atomic mass is 16.4. The Bertz CT molecular complexity index is 1130. The number of carbonyl (C=O) groups is 9. The predicted octanol–water partition coefficient (Wildman–Crippen LogP) is -5.10. The van der Waals surface area contributed by atoms with Crippen LogP contribution in [0.4, 0.5) is 0 Å². The van der Waals surface area contributed by atoms with Gasteiger partial charge in [0.05, 0.1) is 13.0 Å². The Balaban J connectivity index is 5.58. The molecule has 0 aliphatic carbocycles. The molecule has 260 valence electrons. The zero-order chi connectivity index (χ0) is 35.6. The van der Waals surface area contributed by atoms with Gasteiger partial charge >= 0.3 is 11.9 Å². The Morgan fingerprint density at radius 1 is 0.609 bits per heavy atom. The number of aliphatic hydroxyl groups is 1. The van der Waals surface area contributed by atoms with Crippen LogP contribution in [0.15, 0.2) is 0 Å². The summed E-state index contributed by atoms with van der Waals surface area (Å²) in [7, 11) is 0. The summed E-state index contributed by atoms with van der Waals surface area (Å²) in [6.07, 6.45) is -0.863. The van der Waals surface area contributed by atoms with E-state index < -0.39 is 109 Å². The van der Waals surface area contributed by atoms with Gasteiger partial charge in [0, 0.05) is 13.3 Å². The highest BCUT2D eigenvalue weighted by molar-refractivity contribution is 5.97. The van der Waals surface area contributed by atoms with Crippen LogP contribution in [0.3, 0.4) is 0 Å². The van der Waals surface area contributed by atoms with Gasteiger partial charge in [0.25, 0.3) is 0 Å². The molecule has 0 fully saturated rings. The summed E-state index contributed by atoms with van der Waals surface area (Å²) < 4.78 is 0. The third-order valence-electron chi connectivity index (χ3n) is 6.29. The molecule has 0 aromatic rings. The fourth-order valence-corrected chi connectivity index (χ4v) is 3.73. The maximum absolute atomic E-state index is 12.9. The highest BCUT2D eigenvalue weighted by Crippen LogP contribution is 2.04. The fraction of sp³-hybridized carbons (Fsp3) is 0.654. The fourth-order valence-electron chi connectivity index (χ4n) is 3.73. The molecule has 0 radical (unpaired) electrons. The molecule has 20 nitrogen and oxygen atoms in total. The molecule has 0 aromatic heterocycles. The van der Waals surface area contributed by atoms with E-state index in [1.165, 1.54) is 6.92 Å². The Hall–Kier alpha value is -4.85. The molecule has 20 heteroatoms. The summed E-state index contributed by atoms with van der Waals surface area (Å²) >= 11 is 0. The van der Waals surface area contributed by atoms with Crippen molar-refractivity contribution in [2.75, 3.05) is 13.2 Å². The molecule has 46 heavy (non-hydrogen) atoms.